The molecule has 1 heterocycles. The number of carboxylic acid groups (broad SMARTS) is 1. The number of aromatic amines is 2. The largest absolute Gasteiger partial charge is 0.497 e. The molecule has 8 heteroatoms. The van der Waals surface area contributed by atoms with Crippen molar-refractivity contribution in [3.8, 4) is 11.5 Å². The summed E-state index contributed by atoms with van der Waals surface area (Å²) in [6.07, 6.45) is 0.521. The lowest BCUT2D eigenvalue weighted by Crippen LogP contribution is -2.30. The average Bonchev–Trinajstić information content (AvgIpc) is 2.52. The minimum absolute atomic E-state index is 0.0129. The number of methoxy groups -OCH3 is 2. The molecule has 0 unspecified atom stereocenters. The summed E-state index contributed by atoms with van der Waals surface area (Å²) in [5.74, 6) is -0.173. The first-order valence-electron chi connectivity index (χ1n) is 6.75. The second kappa shape index (κ2) is 6.82. The van der Waals surface area contributed by atoms with Gasteiger partial charge in [-0.1, -0.05) is 0 Å². The second-order valence-electron chi connectivity index (χ2n) is 4.79. The summed E-state index contributed by atoms with van der Waals surface area (Å²) >= 11 is 0. The maximum Gasteiger partial charge on any atom is 0.352 e. The van der Waals surface area contributed by atoms with Crippen molar-refractivity contribution in [2.45, 2.75) is 12.8 Å². The van der Waals surface area contributed by atoms with Gasteiger partial charge in [-0.2, -0.15) is 0 Å². The molecule has 3 N–H and O–H groups in total. The third-order valence-corrected chi connectivity index (χ3v) is 3.33. The molecule has 0 spiro atoms. The van der Waals surface area contributed by atoms with E-state index in [4.69, 9.17) is 14.6 Å². The number of aryl methyl sites for hydroxylation is 1. The molecule has 2 aromatic rings. The Hall–Kier alpha value is -3.03. The van der Waals surface area contributed by atoms with Gasteiger partial charge in [0.1, 0.15) is 17.2 Å². The van der Waals surface area contributed by atoms with E-state index in [0.717, 1.165) is 5.56 Å². The van der Waals surface area contributed by atoms with Crippen molar-refractivity contribution < 1.29 is 19.4 Å². The Bertz CT molecular complexity index is 814. The smallest absolute Gasteiger partial charge is 0.352 e. The fraction of sp³-hybridized carbons (Fsp3) is 0.267. The number of nitrogens with one attached hydrogen (secondary N) is 2. The van der Waals surface area contributed by atoms with Crippen molar-refractivity contribution in [3.63, 3.8) is 0 Å². The summed E-state index contributed by atoms with van der Waals surface area (Å²) in [6.45, 7) is 0. The molecular weight excluding hydrogens is 304 g/mol. The predicted octanol–water partition coefficient (Wildman–Crippen LogP) is 0.564. The highest BCUT2D eigenvalue weighted by atomic mass is 16.5. The van der Waals surface area contributed by atoms with Gasteiger partial charge in [0.25, 0.3) is 5.56 Å². The number of hydrogen-bond acceptors (Lipinski definition) is 5. The molecule has 0 radical (unpaired) electrons. The molecule has 0 atom stereocenters. The van der Waals surface area contributed by atoms with Gasteiger partial charge in [-0.25, -0.2) is 9.59 Å². The SMILES string of the molecule is COc1cc(CCc2c(C(=O)O)[nH]c(=O)[nH]c2=O)cc(OC)c1. The van der Waals surface area contributed by atoms with Crippen molar-refractivity contribution in [2.24, 2.45) is 0 Å². The first kappa shape index (κ1) is 16.3. The lowest BCUT2D eigenvalue weighted by Gasteiger charge is -2.09. The van der Waals surface area contributed by atoms with Gasteiger partial charge >= 0.3 is 11.7 Å². The molecule has 0 aliphatic rings. The highest BCUT2D eigenvalue weighted by Gasteiger charge is 2.15. The topological polar surface area (TPSA) is 121 Å². The van der Waals surface area contributed by atoms with E-state index in [1.54, 1.807) is 18.2 Å². The van der Waals surface area contributed by atoms with E-state index < -0.39 is 22.9 Å². The Balaban J connectivity index is 2.33. The number of carboxylic acids is 1. The van der Waals surface area contributed by atoms with E-state index in [2.05, 4.69) is 4.98 Å². The highest BCUT2D eigenvalue weighted by Crippen LogP contribution is 2.23. The number of rotatable bonds is 6. The standard InChI is InChI=1S/C15H16N2O6/c1-22-9-5-8(6-10(7-9)23-2)3-4-11-12(14(19)20)16-15(21)17-13(11)18/h5-7H,3-4H2,1-2H3,(H,19,20)(H2,16,17,18,21). The monoisotopic (exact) mass is 320 g/mol. The predicted molar refractivity (Wildman–Crippen MR) is 81.6 cm³/mol. The Kier molecular flexibility index (Phi) is 4.85. The lowest BCUT2D eigenvalue weighted by molar-refractivity contribution is 0.0688. The van der Waals surface area contributed by atoms with Crippen molar-refractivity contribution in [1.82, 2.24) is 9.97 Å². The first-order valence-corrected chi connectivity index (χ1v) is 6.75. The molecule has 2 rings (SSSR count). The van der Waals surface area contributed by atoms with E-state index in [1.165, 1.54) is 14.2 Å². The Labute approximate surface area is 130 Å². The molecule has 0 saturated carbocycles. The van der Waals surface area contributed by atoms with Gasteiger partial charge in [0.15, 0.2) is 0 Å². The summed E-state index contributed by atoms with van der Waals surface area (Å²) in [5, 5.41) is 9.11. The average molecular weight is 320 g/mol. The minimum atomic E-state index is -1.36. The number of aromatic carboxylic acids is 1. The summed E-state index contributed by atoms with van der Waals surface area (Å²) in [4.78, 5) is 38.4. The van der Waals surface area contributed by atoms with Crippen LogP contribution < -0.4 is 20.7 Å². The fourth-order valence-electron chi connectivity index (χ4n) is 2.21. The van der Waals surface area contributed by atoms with Crippen molar-refractivity contribution in [2.75, 3.05) is 14.2 Å². The van der Waals surface area contributed by atoms with Gasteiger partial charge in [0.2, 0.25) is 0 Å². The van der Waals surface area contributed by atoms with Gasteiger partial charge in [-0.15, -0.1) is 0 Å². The van der Waals surface area contributed by atoms with Crippen molar-refractivity contribution >= 4 is 5.97 Å². The second-order valence-corrected chi connectivity index (χ2v) is 4.79. The van der Waals surface area contributed by atoms with Crippen LogP contribution in [0.2, 0.25) is 0 Å². The molecule has 8 nitrogen and oxygen atoms in total. The Morgan fingerprint density at radius 1 is 1.04 bits per heavy atom. The van der Waals surface area contributed by atoms with Crippen molar-refractivity contribution in [3.05, 3.63) is 55.9 Å². The number of ether oxygens (including phenoxy) is 2. The maximum absolute atomic E-state index is 11.8. The zero-order valence-electron chi connectivity index (χ0n) is 12.6. The highest BCUT2D eigenvalue weighted by molar-refractivity contribution is 5.86. The van der Waals surface area contributed by atoms with Gasteiger partial charge in [0.05, 0.1) is 14.2 Å². The van der Waals surface area contributed by atoms with Gasteiger partial charge < -0.3 is 19.6 Å². The van der Waals surface area contributed by atoms with Crippen LogP contribution in [0, 0.1) is 0 Å². The molecule has 0 aliphatic carbocycles. The summed E-state index contributed by atoms with van der Waals surface area (Å²) in [5.41, 5.74) is -1.13. The number of aromatic nitrogens is 2. The van der Waals surface area contributed by atoms with Crippen LogP contribution in [0.25, 0.3) is 0 Å². The normalized spacial score (nSPS) is 10.3. The zero-order valence-corrected chi connectivity index (χ0v) is 12.6. The quantitative estimate of drug-likeness (QED) is 0.715. The van der Waals surface area contributed by atoms with E-state index in [0.29, 0.717) is 17.9 Å². The van der Waals surface area contributed by atoms with Crippen LogP contribution in [0.1, 0.15) is 21.6 Å². The maximum atomic E-state index is 11.8. The molecule has 0 aliphatic heterocycles. The number of hydrogen-bond donors (Lipinski definition) is 3. The molecule has 0 saturated heterocycles. The molecule has 1 aromatic heterocycles. The van der Waals surface area contributed by atoms with Crippen LogP contribution in [0.3, 0.4) is 0 Å². The number of carbonyl (C=O) groups is 1. The number of benzene rings is 1. The van der Waals surface area contributed by atoms with E-state index >= 15 is 0 Å². The van der Waals surface area contributed by atoms with Crippen LogP contribution in [0.5, 0.6) is 11.5 Å². The van der Waals surface area contributed by atoms with Gasteiger partial charge in [-0.3, -0.25) is 9.78 Å². The van der Waals surface area contributed by atoms with E-state index in [-0.39, 0.29) is 12.0 Å². The molecule has 0 fully saturated rings. The first-order chi connectivity index (χ1) is 10.9. The third-order valence-electron chi connectivity index (χ3n) is 3.33. The minimum Gasteiger partial charge on any atom is -0.497 e. The Morgan fingerprint density at radius 3 is 2.17 bits per heavy atom. The lowest BCUT2D eigenvalue weighted by atomic mass is 10.0. The summed E-state index contributed by atoms with van der Waals surface area (Å²) < 4.78 is 10.3. The number of H-pyrrole nitrogens is 2. The van der Waals surface area contributed by atoms with Gasteiger partial charge in [-0.05, 0) is 30.5 Å². The summed E-state index contributed by atoms with van der Waals surface area (Å²) in [6, 6.07) is 5.24. The Morgan fingerprint density at radius 2 is 1.65 bits per heavy atom. The molecule has 0 amide bonds. The van der Waals surface area contributed by atoms with Gasteiger partial charge in [0, 0.05) is 11.6 Å². The van der Waals surface area contributed by atoms with E-state index in [1.807, 2.05) is 4.98 Å². The molecule has 122 valence electrons. The van der Waals surface area contributed by atoms with Crippen LogP contribution in [-0.2, 0) is 12.8 Å². The van der Waals surface area contributed by atoms with Crippen LogP contribution in [0.4, 0.5) is 0 Å². The van der Waals surface area contributed by atoms with Crippen LogP contribution >= 0.6 is 0 Å². The molecule has 0 bridgehead atoms. The van der Waals surface area contributed by atoms with E-state index in [9.17, 15) is 14.4 Å². The summed E-state index contributed by atoms with van der Waals surface area (Å²) in [7, 11) is 3.04. The van der Waals surface area contributed by atoms with Crippen LogP contribution in [0.15, 0.2) is 27.8 Å². The van der Waals surface area contributed by atoms with Crippen molar-refractivity contribution in [1.29, 1.82) is 0 Å². The molecule has 1 aromatic carbocycles. The van der Waals surface area contributed by atoms with Crippen LogP contribution in [-0.4, -0.2) is 35.3 Å². The molecule has 23 heavy (non-hydrogen) atoms. The molecular formula is C15H16N2O6. The third kappa shape index (κ3) is 3.79. The zero-order chi connectivity index (χ0) is 17.0. The fourth-order valence-corrected chi connectivity index (χ4v) is 2.21.